The Hall–Kier alpha value is -0.840. The SMILES string of the molecule is C=CC(C)NCC(O)COc1cccc(Br)c1. The van der Waals surface area contributed by atoms with E-state index in [-0.39, 0.29) is 12.6 Å². The van der Waals surface area contributed by atoms with Gasteiger partial charge in [0, 0.05) is 17.1 Å². The third-order valence-corrected chi connectivity index (χ3v) is 2.76. The Labute approximate surface area is 111 Å². The van der Waals surface area contributed by atoms with Gasteiger partial charge < -0.3 is 15.2 Å². The maximum Gasteiger partial charge on any atom is 0.120 e. The van der Waals surface area contributed by atoms with Crippen molar-refractivity contribution in [2.75, 3.05) is 13.2 Å². The van der Waals surface area contributed by atoms with Crippen LogP contribution in [-0.4, -0.2) is 30.4 Å². The lowest BCUT2D eigenvalue weighted by Gasteiger charge is -2.15. The summed E-state index contributed by atoms with van der Waals surface area (Å²) in [6.45, 7) is 6.40. The summed E-state index contributed by atoms with van der Waals surface area (Å²) in [7, 11) is 0. The zero-order chi connectivity index (χ0) is 12.7. The first-order valence-corrected chi connectivity index (χ1v) is 6.33. The highest BCUT2D eigenvalue weighted by Crippen LogP contribution is 2.17. The summed E-state index contributed by atoms with van der Waals surface area (Å²) in [6.07, 6.45) is 1.26. The molecular weight excluding hydrogens is 282 g/mol. The van der Waals surface area contributed by atoms with E-state index in [0.717, 1.165) is 10.2 Å². The van der Waals surface area contributed by atoms with E-state index in [2.05, 4.69) is 27.8 Å². The van der Waals surface area contributed by atoms with Crippen LogP contribution in [0.2, 0.25) is 0 Å². The van der Waals surface area contributed by atoms with Crippen LogP contribution in [-0.2, 0) is 0 Å². The fourth-order valence-electron chi connectivity index (χ4n) is 1.21. The van der Waals surface area contributed by atoms with Crippen molar-refractivity contribution < 1.29 is 9.84 Å². The maximum atomic E-state index is 9.69. The predicted octanol–water partition coefficient (Wildman–Crippen LogP) is 2.35. The Morgan fingerprint density at radius 2 is 2.35 bits per heavy atom. The summed E-state index contributed by atoms with van der Waals surface area (Å²) in [6, 6.07) is 7.74. The lowest BCUT2D eigenvalue weighted by Crippen LogP contribution is -2.35. The van der Waals surface area contributed by atoms with Crippen LogP contribution in [0.4, 0.5) is 0 Å². The van der Waals surface area contributed by atoms with Crippen LogP contribution >= 0.6 is 15.9 Å². The molecule has 0 saturated heterocycles. The second-order valence-corrected chi connectivity index (χ2v) is 4.77. The third-order valence-electron chi connectivity index (χ3n) is 2.27. The summed E-state index contributed by atoms with van der Waals surface area (Å²) in [4.78, 5) is 0. The summed E-state index contributed by atoms with van der Waals surface area (Å²) < 4.78 is 6.43. The van der Waals surface area contributed by atoms with Crippen LogP contribution in [0.1, 0.15) is 6.92 Å². The summed E-state index contributed by atoms with van der Waals surface area (Å²) in [5.41, 5.74) is 0. The molecule has 1 rings (SSSR count). The standard InChI is InChI=1S/C13H18BrNO2/c1-3-10(2)15-8-12(16)9-17-13-6-4-5-11(14)7-13/h3-7,10,12,15-16H,1,8-9H2,2H3. The minimum Gasteiger partial charge on any atom is -0.491 e. The highest BCUT2D eigenvalue weighted by atomic mass is 79.9. The highest BCUT2D eigenvalue weighted by Gasteiger charge is 2.06. The number of hydrogen-bond acceptors (Lipinski definition) is 3. The second-order valence-electron chi connectivity index (χ2n) is 3.85. The van der Waals surface area contributed by atoms with E-state index in [1.165, 1.54) is 0 Å². The highest BCUT2D eigenvalue weighted by molar-refractivity contribution is 9.10. The van der Waals surface area contributed by atoms with Crippen molar-refractivity contribution in [2.24, 2.45) is 0 Å². The van der Waals surface area contributed by atoms with Gasteiger partial charge in [0.05, 0.1) is 0 Å². The molecule has 2 N–H and O–H groups in total. The third kappa shape index (κ3) is 5.86. The fourth-order valence-corrected chi connectivity index (χ4v) is 1.59. The van der Waals surface area contributed by atoms with Gasteiger partial charge in [0.1, 0.15) is 18.5 Å². The molecule has 0 aliphatic carbocycles. The van der Waals surface area contributed by atoms with E-state index in [1.54, 1.807) is 6.08 Å². The molecule has 0 aliphatic rings. The number of hydrogen-bond donors (Lipinski definition) is 2. The lowest BCUT2D eigenvalue weighted by molar-refractivity contribution is 0.105. The van der Waals surface area contributed by atoms with Gasteiger partial charge in [0.15, 0.2) is 0 Å². The van der Waals surface area contributed by atoms with Gasteiger partial charge in [-0.05, 0) is 25.1 Å². The molecule has 0 aromatic heterocycles. The molecule has 0 heterocycles. The Balaban J connectivity index is 2.28. The number of benzene rings is 1. The van der Waals surface area contributed by atoms with Gasteiger partial charge in [0.2, 0.25) is 0 Å². The quantitative estimate of drug-likeness (QED) is 0.760. The number of nitrogens with one attached hydrogen (secondary N) is 1. The van der Waals surface area contributed by atoms with Gasteiger partial charge in [-0.2, -0.15) is 0 Å². The molecule has 4 heteroatoms. The first-order valence-electron chi connectivity index (χ1n) is 5.54. The van der Waals surface area contributed by atoms with Gasteiger partial charge >= 0.3 is 0 Å². The molecule has 1 aromatic carbocycles. The Morgan fingerprint density at radius 3 is 3.00 bits per heavy atom. The Morgan fingerprint density at radius 1 is 1.59 bits per heavy atom. The van der Waals surface area contributed by atoms with Crippen LogP contribution < -0.4 is 10.1 Å². The molecule has 1 aromatic rings. The molecule has 0 spiro atoms. The molecule has 2 unspecified atom stereocenters. The largest absolute Gasteiger partial charge is 0.491 e. The van der Waals surface area contributed by atoms with Crippen LogP contribution in [0.5, 0.6) is 5.75 Å². The van der Waals surface area contributed by atoms with E-state index in [1.807, 2.05) is 31.2 Å². The zero-order valence-electron chi connectivity index (χ0n) is 9.90. The Kier molecular flexibility index (Phi) is 6.26. The van der Waals surface area contributed by atoms with E-state index >= 15 is 0 Å². The number of ether oxygens (including phenoxy) is 1. The number of halogens is 1. The van der Waals surface area contributed by atoms with Gasteiger partial charge in [-0.1, -0.05) is 28.1 Å². The molecule has 0 aliphatic heterocycles. The van der Waals surface area contributed by atoms with Crippen molar-refractivity contribution in [3.63, 3.8) is 0 Å². The molecule has 0 fully saturated rings. The maximum absolute atomic E-state index is 9.69. The van der Waals surface area contributed by atoms with Gasteiger partial charge in [-0.15, -0.1) is 6.58 Å². The molecule has 94 valence electrons. The van der Waals surface area contributed by atoms with Crippen molar-refractivity contribution in [3.05, 3.63) is 41.4 Å². The van der Waals surface area contributed by atoms with Crippen molar-refractivity contribution >= 4 is 15.9 Å². The Bertz CT molecular complexity index is 357. The van der Waals surface area contributed by atoms with E-state index < -0.39 is 6.10 Å². The number of aliphatic hydroxyl groups excluding tert-OH is 1. The average Bonchev–Trinajstić information content (AvgIpc) is 2.33. The molecule has 0 saturated carbocycles. The molecule has 17 heavy (non-hydrogen) atoms. The number of aliphatic hydroxyl groups is 1. The lowest BCUT2D eigenvalue weighted by atomic mass is 10.3. The van der Waals surface area contributed by atoms with Crippen LogP contribution in [0.25, 0.3) is 0 Å². The number of rotatable bonds is 7. The van der Waals surface area contributed by atoms with Crippen LogP contribution in [0, 0.1) is 0 Å². The van der Waals surface area contributed by atoms with E-state index in [0.29, 0.717) is 6.54 Å². The summed E-state index contributed by atoms with van der Waals surface area (Å²) >= 11 is 3.36. The van der Waals surface area contributed by atoms with E-state index in [4.69, 9.17) is 4.74 Å². The topological polar surface area (TPSA) is 41.5 Å². The molecule has 0 radical (unpaired) electrons. The summed E-state index contributed by atoms with van der Waals surface area (Å²) in [5.74, 6) is 0.746. The van der Waals surface area contributed by atoms with Gasteiger partial charge in [-0.3, -0.25) is 0 Å². The van der Waals surface area contributed by atoms with Crippen LogP contribution in [0.3, 0.4) is 0 Å². The van der Waals surface area contributed by atoms with E-state index in [9.17, 15) is 5.11 Å². The smallest absolute Gasteiger partial charge is 0.120 e. The minimum absolute atomic E-state index is 0.190. The molecule has 3 nitrogen and oxygen atoms in total. The molecule has 2 atom stereocenters. The molecule has 0 bridgehead atoms. The molecular formula is C13H18BrNO2. The normalized spacial score (nSPS) is 14.1. The van der Waals surface area contributed by atoms with Crippen molar-refractivity contribution in [2.45, 2.75) is 19.1 Å². The summed E-state index contributed by atoms with van der Waals surface area (Å²) in [5, 5.41) is 12.8. The van der Waals surface area contributed by atoms with Crippen LogP contribution in [0.15, 0.2) is 41.4 Å². The monoisotopic (exact) mass is 299 g/mol. The predicted molar refractivity (Wildman–Crippen MR) is 73.3 cm³/mol. The zero-order valence-corrected chi connectivity index (χ0v) is 11.5. The van der Waals surface area contributed by atoms with Gasteiger partial charge in [0.25, 0.3) is 0 Å². The van der Waals surface area contributed by atoms with Crippen molar-refractivity contribution in [3.8, 4) is 5.75 Å². The minimum atomic E-state index is -0.531. The van der Waals surface area contributed by atoms with Crippen molar-refractivity contribution in [1.82, 2.24) is 5.32 Å². The van der Waals surface area contributed by atoms with Gasteiger partial charge in [-0.25, -0.2) is 0 Å². The first-order chi connectivity index (χ1) is 8.11. The second kappa shape index (κ2) is 7.48. The molecule has 0 amide bonds. The first kappa shape index (κ1) is 14.2. The fraction of sp³-hybridized carbons (Fsp3) is 0.385. The average molecular weight is 300 g/mol. The van der Waals surface area contributed by atoms with Crippen molar-refractivity contribution in [1.29, 1.82) is 0 Å².